The Morgan fingerprint density at radius 3 is 1.36 bits per heavy atom. The smallest absolute Gasteiger partial charge is 0.292 e. The van der Waals surface area contributed by atoms with Crippen LogP contribution in [0.5, 0.6) is 0 Å². The molecule has 13 nitrogen and oxygen atoms in total. The Morgan fingerprint density at radius 1 is 0.552 bits per heavy atom. The molecule has 8 N–H and O–H groups in total. The second-order valence-corrected chi connectivity index (χ2v) is 18.9. The van der Waals surface area contributed by atoms with E-state index in [9.17, 15) is 22.8 Å². The van der Waals surface area contributed by atoms with Crippen molar-refractivity contribution in [1.29, 1.82) is 0 Å². The number of carbonyl (C=O) groups is 2. The minimum absolute atomic E-state index is 0.0491. The highest BCUT2D eigenvalue weighted by Crippen LogP contribution is 2.55. The Balaban J connectivity index is 0.000000128. The quantitative estimate of drug-likeness (QED) is 0.109. The number of rotatable bonds is 5. The summed E-state index contributed by atoms with van der Waals surface area (Å²) >= 11 is 3.39. The highest BCUT2D eigenvalue weighted by molar-refractivity contribution is 9.10. The fraction of sp³-hybridized carbons (Fsp3) is 0.300. The highest BCUT2D eigenvalue weighted by atomic mass is 79.9. The number of ether oxygens (including phenoxy) is 3. The summed E-state index contributed by atoms with van der Waals surface area (Å²) in [6.45, 7) is 5.62. The van der Waals surface area contributed by atoms with E-state index in [1.807, 2.05) is 32.9 Å². The number of fused-ring (bicyclic) bond motifs is 3. The number of hydrogen-bond acceptors (Lipinski definition) is 11. The molecule has 3 saturated carbocycles. The molecule has 346 valence electrons. The van der Waals surface area contributed by atoms with Gasteiger partial charge in [-0.25, -0.2) is 28.1 Å². The fourth-order valence-corrected chi connectivity index (χ4v) is 9.62. The zero-order valence-electron chi connectivity index (χ0n) is 36.7. The van der Waals surface area contributed by atoms with E-state index in [0.717, 1.165) is 23.7 Å². The molecule has 11 rings (SSSR count). The standard InChI is InChI=1S/C19H16BrFN2O2.C19H18FN3O2.C12H14FN3O/c1-19(13-9-12(20)7-8-15(13)21)14-10-16(14)25-18(23-19)22-17(24)11-5-3-2-4-6-11;1-19(13-9-12(21)7-8-15(13)20)14-10-16(14)25-18(23-19)22-17(24)11-5-3-2-4-6-11;1-12(7-4-6(14)2-3-9(7)13)8-5-10(8)17-11(15)16-12/h2-9,14,16H,10H2,1H3,(H,22,23,24);2-9,14,16H,10,21H2,1H3,(H,22,23,24);2-4,8,10H,5,14H2,1H3,(H2,15,16)/t2*14-,16+,19-;8-,10+,12-/m000/s1. The third kappa shape index (κ3) is 9.16. The summed E-state index contributed by atoms with van der Waals surface area (Å²) in [7, 11) is 0. The van der Waals surface area contributed by atoms with Crippen LogP contribution in [0.15, 0.2) is 135 Å². The SMILES string of the molecule is C[C@@]1(c2cc(Br)ccc2F)N=C(NC(=O)c2ccccc2)O[C@@H]2C[C@@H]21.C[C@@]1(c2cc(N)ccc2F)N=C(N)O[C@@H]2C[C@@H]21.C[C@@]1(c2cc(N)ccc2F)N=C(NC(=O)c2ccccc2)O[C@@H]2C[C@@H]21. The van der Waals surface area contributed by atoms with Crippen molar-refractivity contribution in [2.45, 2.75) is 75.0 Å². The molecule has 17 heteroatoms. The first kappa shape index (κ1) is 45.3. The van der Waals surface area contributed by atoms with Crippen LogP contribution in [0.3, 0.4) is 0 Å². The zero-order valence-corrected chi connectivity index (χ0v) is 38.3. The summed E-state index contributed by atoms with van der Waals surface area (Å²) in [6, 6.07) is 31.9. The topological polar surface area (TPSA) is 201 Å². The molecule has 0 saturated heterocycles. The van der Waals surface area contributed by atoms with Crippen LogP contribution in [-0.2, 0) is 30.8 Å². The van der Waals surface area contributed by atoms with Gasteiger partial charge in [0.1, 0.15) is 35.8 Å². The predicted octanol–water partition coefficient (Wildman–Crippen LogP) is 8.19. The van der Waals surface area contributed by atoms with E-state index >= 15 is 0 Å². The number of amidine groups is 3. The number of halogens is 4. The number of nitrogens with one attached hydrogen (secondary N) is 2. The molecule has 5 aromatic rings. The number of carbonyl (C=O) groups excluding carboxylic acids is 2. The Kier molecular flexibility index (Phi) is 11.8. The Labute approximate surface area is 393 Å². The second-order valence-electron chi connectivity index (χ2n) is 18.0. The molecule has 3 heterocycles. The van der Waals surface area contributed by atoms with E-state index in [2.05, 4.69) is 41.5 Å². The van der Waals surface area contributed by atoms with Crippen LogP contribution in [0.25, 0.3) is 0 Å². The minimum atomic E-state index is -0.818. The van der Waals surface area contributed by atoms with Gasteiger partial charge in [0.2, 0.25) is 0 Å². The largest absolute Gasteiger partial charge is 0.462 e. The Hall–Kier alpha value is -6.88. The van der Waals surface area contributed by atoms with Gasteiger partial charge in [-0.05, 0) is 119 Å². The van der Waals surface area contributed by atoms with E-state index in [4.69, 9.17) is 31.4 Å². The average molecular weight is 978 g/mol. The van der Waals surface area contributed by atoms with E-state index < -0.39 is 16.6 Å². The van der Waals surface area contributed by atoms with Crippen LogP contribution in [0.1, 0.15) is 77.4 Å². The third-order valence-electron chi connectivity index (χ3n) is 13.2. The van der Waals surface area contributed by atoms with Gasteiger partial charge in [0.15, 0.2) is 0 Å². The molecule has 0 spiro atoms. The number of nitrogens with two attached hydrogens (primary N) is 3. The molecule has 0 unspecified atom stereocenters. The van der Waals surface area contributed by atoms with Crippen LogP contribution in [-0.4, -0.2) is 48.2 Å². The Morgan fingerprint density at radius 2 is 0.925 bits per heavy atom. The van der Waals surface area contributed by atoms with E-state index in [1.54, 1.807) is 78.9 Å². The maximum atomic E-state index is 14.4. The van der Waals surface area contributed by atoms with Crippen molar-refractivity contribution >= 4 is 57.2 Å². The number of hydrogen-bond donors (Lipinski definition) is 5. The summed E-state index contributed by atoms with van der Waals surface area (Å²) in [4.78, 5) is 38.1. The number of anilines is 2. The lowest BCUT2D eigenvalue weighted by atomic mass is 9.86. The monoisotopic (exact) mass is 976 g/mol. The lowest BCUT2D eigenvalue weighted by molar-refractivity contribution is 0.0946. The van der Waals surface area contributed by atoms with Crippen molar-refractivity contribution in [3.63, 3.8) is 0 Å². The van der Waals surface area contributed by atoms with Gasteiger partial charge in [-0.1, -0.05) is 52.3 Å². The van der Waals surface area contributed by atoms with Gasteiger partial charge in [0.25, 0.3) is 29.9 Å². The van der Waals surface area contributed by atoms with E-state index in [1.165, 1.54) is 24.3 Å². The number of benzene rings is 5. The van der Waals surface area contributed by atoms with Crippen molar-refractivity contribution in [2.75, 3.05) is 11.5 Å². The molecule has 0 bridgehead atoms. The van der Waals surface area contributed by atoms with Gasteiger partial charge in [0, 0.05) is 61.4 Å². The normalized spacial score (nSPS) is 28.9. The Bertz CT molecular complexity index is 2710. The summed E-state index contributed by atoms with van der Waals surface area (Å²) in [5.74, 6) is -1.21. The first-order valence-corrected chi connectivity index (χ1v) is 22.6. The van der Waals surface area contributed by atoms with Crippen LogP contribution >= 0.6 is 15.9 Å². The van der Waals surface area contributed by atoms with Crippen molar-refractivity contribution in [2.24, 2.45) is 38.5 Å². The average Bonchev–Trinajstić information content (AvgIpc) is 4.19. The van der Waals surface area contributed by atoms with Crippen molar-refractivity contribution < 1.29 is 37.0 Å². The minimum Gasteiger partial charge on any atom is -0.462 e. The third-order valence-corrected chi connectivity index (χ3v) is 13.7. The molecule has 0 aromatic heterocycles. The van der Waals surface area contributed by atoms with E-state index in [-0.39, 0.29) is 83.4 Å². The second kappa shape index (κ2) is 17.4. The molecule has 9 atom stereocenters. The maximum Gasteiger partial charge on any atom is 0.292 e. The van der Waals surface area contributed by atoms with E-state index in [0.29, 0.717) is 39.2 Å². The molecule has 3 fully saturated rings. The molecule has 3 aliphatic heterocycles. The fourth-order valence-electron chi connectivity index (χ4n) is 9.26. The summed E-state index contributed by atoms with van der Waals surface area (Å²) in [6.07, 6.45) is 2.35. The van der Waals surface area contributed by atoms with Gasteiger partial charge in [-0.15, -0.1) is 0 Å². The van der Waals surface area contributed by atoms with Crippen LogP contribution in [0.2, 0.25) is 0 Å². The van der Waals surface area contributed by atoms with Gasteiger partial charge >= 0.3 is 0 Å². The van der Waals surface area contributed by atoms with Crippen molar-refractivity contribution in [3.05, 3.63) is 165 Å². The lowest BCUT2D eigenvalue weighted by Gasteiger charge is -2.31. The molecule has 6 aliphatic rings. The lowest BCUT2D eigenvalue weighted by Crippen LogP contribution is -2.41. The van der Waals surface area contributed by atoms with Crippen molar-refractivity contribution in [3.8, 4) is 0 Å². The van der Waals surface area contributed by atoms with Crippen molar-refractivity contribution in [1.82, 2.24) is 10.6 Å². The predicted molar refractivity (Wildman–Crippen MR) is 251 cm³/mol. The molecule has 67 heavy (non-hydrogen) atoms. The summed E-state index contributed by atoms with van der Waals surface area (Å²) in [5.41, 5.74) is 18.4. The molecule has 5 aromatic carbocycles. The first-order chi connectivity index (χ1) is 31.9. The molecular weight excluding hydrogens is 929 g/mol. The van der Waals surface area contributed by atoms with Crippen LogP contribution in [0, 0.1) is 35.2 Å². The van der Waals surface area contributed by atoms with Gasteiger partial charge < -0.3 is 31.4 Å². The number of amides is 2. The summed E-state index contributed by atoms with van der Waals surface area (Å²) < 4.78 is 60.3. The highest BCUT2D eigenvalue weighted by Gasteiger charge is 2.59. The summed E-state index contributed by atoms with van der Waals surface area (Å²) in [5, 5.41) is 5.39. The van der Waals surface area contributed by atoms with Crippen LogP contribution < -0.4 is 27.8 Å². The molecule has 3 aliphatic carbocycles. The number of nitrogen functional groups attached to an aromatic ring is 2. The first-order valence-electron chi connectivity index (χ1n) is 21.8. The molecule has 2 amide bonds. The van der Waals surface area contributed by atoms with Gasteiger partial charge in [-0.2, -0.15) is 0 Å². The van der Waals surface area contributed by atoms with Gasteiger partial charge in [-0.3, -0.25) is 20.2 Å². The van der Waals surface area contributed by atoms with Gasteiger partial charge in [0.05, 0.1) is 16.6 Å². The molecule has 0 radical (unpaired) electrons. The number of nitrogens with zero attached hydrogens (tertiary/aromatic N) is 3. The van der Waals surface area contributed by atoms with Crippen LogP contribution in [0.4, 0.5) is 24.5 Å². The zero-order chi connectivity index (χ0) is 47.4. The molecular formula is C50H48BrF3N8O5. The maximum absolute atomic E-state index is 14.4. The number of aliphatic imine (C=N–C) groups is 3.